The van der Waals surface area contributed by atoms with Gasteiger partial charge in [-0.1, -0.05) is 11.3 Å². The molecule has 0 aliphatic carbocycles. The van der Waals surface area contributed by atoms with Crippen molar-refractivity contribution in [3.05, 3.63) is 30.0 Å². The number of hydrogen-bond acceptors (Lipinski definition) is 5. The Morgan fingerprint density at radius 1 is 1.45 bits per heavy atom. The fraction of sp³-hybridized carbons (Fsp3) is 0.400. The Hall–Kier alpha value is -1.47. The maximum atomic E-state index is 13.3. The summed E-state index contributed by atoms with van der Waals surface area (Å²) in [7, 11) is 0. The van der Waals surface area contributed by atoms with Gasteiger partial charge >= 0.3 is 0 Å². The number of aryl methyl sites for hydroxylation is 1. The number of anilines is 1. The van der Waals surface area contributed by atoms with Crippen molar-refractivity contribution >= 4 is 34.0 Å². The first-order chi connectivity index (χ1) is 10.6. The maximum Gasteiger partial charge on any atom is 0.228 e. The van der Waals surface area contributed by atoms with Crippen LogP contribution in [0, 0.1) is 12.7 Å². The summed E-state index contributed by atoms with van der Waals surface area (Å²) in [5.74, 6) is 0.497. The molecule has 0 saturated carbocycles. The minimum absolute atomic E-state index is 0.0903. The molecule has 2 rings (SSSR count). The van der Waals surface area contributed by atoms with Crippen molar-refractivity contribution in [3.8, 4) is 10.6 Å². The Morgan fingerprint density at radius 2 is 2.23 bits per heavy atom. The monoisotopic (exact) mass is 339 g/mol. The Bertz CT molecular complexity index is 660. The van der Waals surface area contributed by atoms with E-state index in [0.717, 1.165) is 22.6 Å². The Morgan fingerprint density at radius 3 is 2.86 bits per heavy atom. The van der Waals surface area contributed by atoms with Gasteiger partial charge in [-0.2, -0.15) is 11.8 Å². The molecule has 0 radical (unpaired) electrons. The molecular formula is C15H18FN3OS2. The minimum Gasteiger partial charge on any atom is -0.303 e. The van der Waals surface area contributed by atoms with Gasteiger partial charge < -0.3 is 4.90 Å². The zero-order valence-corrected chi connectivity index (χ0v) is 14.4. The van der Waals surface area contributed by atoms with E-state index < -0.39 is 5.82 Å². The molecule has 2 aromatic heterocycles. The second-order valence-electron chi connectivity index (χ2n) is 4.68. The highest BCUT2D eigenvalue weighted by atomic mass is 32.2. The van der Waals surface area contributed by atoms with Crippen LogP contribution in [0.5, 0.6) is 0 Å². The predicted molar refractivity (Wildman–Crippen MR) is 91.1 cm³/mol. The van der Waals surface area contributed by atoms with E-state index in [4.69, 9.17) is 0 Å². The number of thiazole rings is 1. The Balaban J connectivity index is 2.30. The summed E-state index contributed by atoms with van der Waals surface area (Å²) >= 11 is 3.05. The molecule has 0 atom stereocenters. The highest BCUT2D eigenvalue weighted by Gasteiger charge is 2.20. The van der Waals surface area contributed by atoms with Gasteiger partial charge in [-0.25, -0.2) is 9.37 Å². The fourth-order valence-electron chi connectivity index (χ4n) is 2.05. The number of hydrogen-bond donors (Lipinski definition) is 0. The first kappa shape index (κ1) is 16.9. The third-order valence-electron chi connectivity index (χ3n) is 3.11. The van der Waals surface area contributed by atoms with E-state index in [1.54, 1.807) is 22.9 Å². The highest BCUT2D eigenvalue weighted by molar-refractivity contribution is 7.98. The van der Waals surface area contributed by atoms with E-state index >= 15 is 0 Å². The summed E-state index contributed by atoms with van der Waals surface area (Å²) in [5.41, 5.74) is 1.41. The number of carbonyl (C=O) groups is 1. The average molecular weight is 339 g/mol. The van der Waals surface area contributed by atoms with Crippen molar-refractivity contribution in [2.75, 3.05) is 23.5 Å². The van der Waals surface area contributed by atoms with Crippen molar-refractivity contribution in [1.29, 1.82) is 0 Å². The summed E-state index contributed by atoms with van der Waals surface area (Å²) < 4.78 is 13.3. The van der Waals surface area contributed by atoms with E-state index in [1.807, 2.05) is 20.1 Å². The average Bonchev–Trinajstić information content (AvgIpc) is 2.88. The molecule has 0 N–H and O–H groups in total. The molecule has 4 nitrogen and oxygen atoms in total. The molecule has 118 valence electrons. The van der Waals surface area contributed by atoms with Gasteiger partial charge in [0.25, 0.3) is 0 Å². The third kappa shape index (κ3) is 3.84. The SMILES string of the molecule is CCN(C(=O)CCSC)c1sc(-c2cncc(F)c2)nc1C. The molecule has 0 unspecified atom stereocenters. The van der Waals surface area contributed by atoms with Crippen molar-refractivity contribution in [1.82, 2.24) is 9.97 Å². The topological polar surface area (TPSA) is 46.1 Å². The molecular weight excluding hydrogens is 321 g/mol. The van der Waals surface area contributed by atoms with E-state index in [1.165, 1.54) is 17.4 Å². The van der Waals surface area contributed by atoms with E-state index in [0.29, 0.717) is 23.5 Å². The molecule has 0 aliphatic heterocycles. The predicted octanol–water partition coefficient (Wildman–Crippen LogP) is 3.76. The van der Waals surface area contributed by atoms with Gasteiger partial charge in [0, 0.05) is 30.5 Å². The van der Waals surface area contributed by atoms with Crippen LogP contribution in [-0.4, -0.2) is 34.4 Å². The highest BCUT2D eigenvalue weighted by Crippen LogP contribution is 2.34. The number of pyridine rings is 1. The first-order valence-electron chi connectivity index (χ1n) is 6.94. The lowest BCUT2D eigenvalue weighted by atomic mass is 10.3. The lowest BCUT2D eigenvalue weighted by molar-refractivity contribution is -0.118. The number of aromatic nitrogens is 2. The van der Waals surface area contributed by atoms with Crippen LogP contribution >= 0.6 is 23.1 Å². The second kappa shape index (κ2) is 7.69. The van der Waals surface area contributed by atoms with Gasteiger partial charge in [-0.3, -0.25) is 9.78 Å². The molecule has 22 heavy (non-hydrogen) atoms. The van der Waals surface area contributed by atoms with Crippen LogP contribution in [0.3, 0.4) is 0 Å². The van der Waals surface area contributed by atoms with Gasteiger partial charge in [0.1, 0.15) is 15.8 Å². The Labute approximate surface area is 137 Å². The first-order valence-corrected chi connectivity index (χ1v) is 9.15. The van der Waals surface area contributed by atoms with Gasteiger partial charge in [0.05, 0.1) is 11.9 Å². The lowest BCUT2D eigenvalue weighted by Crippen LogP contribution is -2.30. The normalized spacial score (nSPS) is 10.7. The van der Waals surface area contributed by atoms with E-state index in [2.05, 4.69) is 9.97 Å². The minimum atomic E-state index is -0.393. The molecule has 1 amide bonds. The molecule has 2 aromatic rings. The van der Waals surface area contributed by atoms with Gasteiger partial charge in [0.15, 0.2) is 0 Å². The summed E-state index contributed by atoms with van der Waals surface area (Å²) in [5, 5.41) is 1.50. The molecule has 7 heteroatoms. The summed E-state index contributed by atoms with van der Waals surface area (Å²) in [6.07, 6.45) is 5.23. The largest absolute Gasteiger partial charge is 0.303 e. The molecule has 0 bridgehead atoms. The van der Waals surface area contributed by atoms with Crippen LogP contribution in [0.15, 0.2) is 18.5 Å². The zero-order chi connectivity index (χ0) is 16.1. The van der Waals surface area contributed by atoms with Crippen LogP contribution in [0.1, 0.15) is 19.0 Å². The number of nitrogens with zero attached hydrogens (tertiary/aromatic N) is 3. The molecule has 0 saturated heterocycles. The lowest BCUT2D eigenvalue weighted by Gasteiger charge is -2.19. The van der Waals surface area contributed by atoms with Crippen molar-refractivity contribution < 1.29 is 9.18 Å². The van der Waals surface area contributed by atoms with Gasteiger partial charge in [-0.15, -0.1) is 0 Å². The van der Waals surface area contributed by atoms with Crippen LogP contribution in [0.2, 0.25) is 0 Å². The van der Waals surface area contributed by atoms with Gasteiger partial charge in [0.2, 0.25) is 5.91 Å². The van der Waals surface area contributed by atoms with Crippen LogP contribution < -0.4 is 4.90 Å². The van der Waals surface area contributed by atoms with Gasteiger partial charge in [-0.05, 0) is 26.2 Å². The quantitative estimate of drug-likeness (QED) is 0.804. The van der Waals surface area contributed by atoms with Crippen LogP contribution in [0.25, 0.3) is 10.6 Å². The number of thioether (sulfide) groups is 1. The molecule has 0 aliphatic rings. The Kier molecular flexibility index (Phi) is 5.90. The number of carbonyl (C=O) groups excluding carboxylic acids is 1. The van der Waals surface area contributed by atoms with E-state index in [-0.39, 0.29) is 5.91 Å². The third-order valence-corrected chi connectivity index (χ3v) is 4.95. The zero-order valence-electron chi connectivity index (χ0n) is 12.8. The summed E-state index contributed by atoms with van der Waals surface area (Å²) in [4.78, 5) is 22.4. The number of amides is 1. The van der Waals surface area contributed by atoms with Crippen molar-refractivity contribution in [2.45, 2.75) is 20.3 Å². The molecule has 0 fully saturated rings. The maximum absolute atomic E-state index is 13.3. The van der Waals surface area contributed by atoms with Crippen molar-refractivity contribution in [2.24, 2.45) is 0 Å². The molecule has 0 spiro atoms. The molecule has 2 heterocycles. The number of rotatable bonds is 6. The number of halogens is 1. The van der Waals surface area contributed by atoms with Crippen molar-refractivity contribution in [3.63, 3.8) is 0 Å². The summed E-state index contributed by atoms with van der Waals surface area (Å²) in [6.45, 7) is 4.41. The van der Waals surface area contributed by atoms with E-state index in [9.17, 15) is 9.18 Å². The van der Waals surface area contributed by atoms with Crippen LogP contribution in [0.4, 0.5) is 9.39 Å². The summed E-state index contributed by atoms with van der Waals surface area (Å²) in [6, 6.07) is 1.40. The van der Waals surface area contributed by atoms with Crippen LogP contribution in [-0.2, 0) is 4.79 Å². The fourth-order valence-corrected chi connectivity index (χ4v) is 3.56. The smallest absolute Gasteiger partial charge is 0.228 e. The second-order valence-corrected chi connectivity index (χ2v) is 6.65. The molecule has 0 aromatic carbocycles. The standard InChI is InChI=1S/C15H18FN3OS2/c1-4-19(13(20)5-6-21-3)15-10(2)18-14(22-15)11-7-12(16)9-17-8-11/h7-9H,4-6H2,1-3H3.